The first-order chi connectivity index (χ1) is 9.90. The molecule has 0 saturated heterocycles. The Bertz CT molecular complexity index is 810. The van der Waals surface area contributed by atoms with Gasteiger partial charge in [0.25, 0.3) is 0 Å². The van der Waals surface area contributed by atoms with Crippen molar-refractivity contribution >= 4 is 10.0 Å². The van der Waals surface area contributed by atoms with Gasteiger partial charge in [0.2, 0.25) is 10.0 Å². The first kappa shape index (κ1) is 15.0. The molecule has 21 heavy (non-hydrogen) atoms. The molecule has 0 aliphatic heterocycles. The topological polar surface area (TPSA) is 106 Å². The summed E-state index contributed by atoms with van der Waals surface area (Å²) >= 11 is 0. The lowest BCUT2D eigenvalue weighted by Gasteiger charge is -2.11. The monoisotopic (exact) mass is 303 g/mol. The van der Waals surface area contributed by atoms with Gasteiger partial charge in [0.1, 0.15) is 29.0 Å². The predicted molar refractivity (Wildman–Crippen MR) is 75.8 cm³/mol. The number of pyridine rings is 1. The minimum atomic E-state index is -3.86. The van der Waals surface area contributed by atoms with Crippen LogP contribution in [-0.4, -0.2) is 13.4 Å². The molecule has 1 heterocycles. The van der Waals surface area contributed by atoms with Gasteiger partial charge in [0.05, 0.1) is 0 Å². The molecule has 2 rings (SSSR count). The van der Waals surface area contributed by atoms with Crippen molar-refractivity contribution in [1.82, 2.24) is 4.98 Å². The quantitative estimate of drug-likeness (QED) is 0.921. The van der Waals surface area contributed by atoms with E-state index >= 15 is 0 Å². The maximum Gasteiger partial charge on any atom is 0.241 e. The van der Waals surface area contributed by atoms with E-state index in [4.69, 9.17) is 15.1 Å². The zero-order chi connectivity index (χ0) is 15.5. The molecule has 0 aliphatic carbocycles. The highest BCUT2D eigenvalue weighted by atomic mass is 32.2. The van der Waals surface area contributed by atoms with Crippen LogP contribution in [-0.2, 0) is 16.6 Å². The second-order valence-electron chi connectivity index (χ2n) is 4.45. The summed E-state index contributed by atoms with van der Waals surface area (Å²) < 4.78 is 28.6. The molecule has 0 saturated carbocycles. The van der Waals surface area contributed by atoms with Gasteiger partial charge >= 0.3 is 0 Å². The van der Waals surface area contributed by atoms with Gasteiger partial charge in [0, 0.05) is 6.20 Å². The number of benzene rings is 1. The molecule has 2 N–H and O–H groups in total. The Labute approximate surface area is 122 Å². The number of hydrogen-bond acceptors (Lipinski definition) is 5. The Morgan fingerprint density at radius 3 is 2.76 bits per heavy atom. The molecule has 0 atom stereocenters. The zero-order valence-electron chi connectivity index (χ0n) is 11.3. The van der Waals surface area contributed by atoms with Crippen LogP contribution in [0.3, 0.4) is 0 Å². The lowest BCUT2D eigenvalue weighted by molar-refractivity contribution is 0.297. The Morgan fingerprint density at radius 1 is 1.33 bits per heavy atom. The van der Waals surface area contributed by atoms with E-state index in [-0.39, 0.29) is 22.9 Å². The normalized spacial score (nSPS) is 10.9. The van der Waals surface area contributed by atoms with Gasteiger partial charge in [-0.2, -0.15) is 5.26 Å². The van der Waals surface area contributed by atoms with E-state index in [1.54, 1.807) is 31.2 Å². The maximum absolute atomic E-state index is 11.6. The molecular weight excluding hydrogens is 290 g/mol. The molecule has 0 amide bonds. The van der Waals surface area contributed by atoms with Crippen molar-refractivity contribution in [2.75, 3.05) is 0 Å². The summed E-state index contributed by atoms with van der Waals surface area (Å²) in [5, 5.41) is 14.0. The molecular formula is C14H13N3O3S. The first-order valence-corrected chi connectivity index (χ1v) is 7.56. The van der Waals surface area contributed by atoms with Gasteiger partial charge in [-0.3, -0.25) is 0 Å². The number of rotatable bonds is 4. The van der Waals surface area contributed by atoms with Crippen LogP contribution in [0.15, 0.2) is 41.4 Å². The number of aromatic nitrogens is 1. The van der Waals surface area contributed by atoms with Crippen LogP contribution in [0.5, 0.6) is 5.75 Å². The van der Waals surface area contributed by atoms with Crippen molar-refractivity contribution < 1.29 is 13.2 Å². The van der Waals surface area contributed by atoms with Crippen molar-refractivity contribution in [1.29, 1.82) is 5.26 Å². The highest BCUT2D eigenvalue weighted by molar-refractivity contribution is 7.89. The van der Waals surface area contributed by atoms with E-state index in [1.165, 1.54) is 12.3 Å². The van der Waals surface area contributed by atoms with E-state index in [9.17, 15) is 8.42 Å². The third kappa shape index (κ3) is 3.78. The highest BCUT2D eigenvalue weighted by Gasteiger charge is 2.15. The van der Waals surface area contributed by atoms with Crippen molar-refractivity contribution in [2.24, 2.45) is 5.14 Å². The molecule has 0 unspecified atom stereocenters. The van der Waals surface area contributed by atoms with Crippen LogP contribution in [0.4, 0.5) is 0 Å². The molecule has 1 aromatic carbocycles. The molecule has 6 nitrogen and oxygen atoms in total. The summed E-state index contributed by atoms with van der Waals surface area (Å²) in [4.78, 5) is 3.79. The Hall–Kier alpha value is -2.43. The minimum Gasteiger partial charge on any atom is -0.487 e. The first-order valence-electron chi connectivity index (χ1n) is 6.01. The molecule has 108 valence electrons. The van der Waals surface area contributed by atoms with Gasteiger partial charge in [-0.1, -0.05) is 6.07 Å². The van der Waals surface area contributed by atoms with Crippen LogP contribution in [0.1, 0.15) is 16.8 Å². The molecule has 0 radical (unpaired) electrons. The summed E-state index contributed by atoms with van der Waals surface area (Å²) in [6.07, 6.45) is 1.49. The number of nitriles is 1. The summed E-state index contributed by atoms with van der Waals surface area (Å²) in [6, 6.07) is 9.93. The molecule has 1 aromatic heterocycles. The van der Waals surface area contributed by atoms with Crippen LogP contribution >= 0.6 is 0 Å². The molecule has 7 heteroatoms. The van der Waals surface area contributed by atoms with Crippen LogP contribution in [0.2, 0.25) is 0 Å². The fraction of sp³-hybridized carbons (Fsp3) is 0.143. The predicted octanol–water partition coefficient (Wildman–Crippen LogP) is 1.49. The number of sulfonamides is 1. The fourth-order valence-corrected chi connectivity index (χ4v) is 2.50. The Kier molecular flexibility index (Phi) is 4.21. The largest absolute Gasteiger partial charge is 0.487 e. The third-order valence-corrected chi connectivity index (χ3v) is 3.67. The second-order valence-corrected chi connectivity index (χ2v) is 5.97. The van der Waals surface area contributed by atoms with Crippen molar-refractivity contribution in [3.05, 3.63) is 53.3 Å². The maximum atomic E-state index is 11.6. The van der Waals surface area contributed by atoms with E-state index in [2.05, 4.69) is 4.98 Å². The Balaban J connectivity index is 2.26. The second kappa shape index (κ2) is 5.91. The number of nitrogens with two attached hydrogens (primary N) is 1. The Morgan fingerprint density at radius 2 is 2.10 bits per heavy atom. The average Bonchev–Trinajstić information content (AvgIpc) is 2.45. The van der Waals surface area contributed by atoms with Crippen molar-refractivity contribution in [3.63, 3.8) is 0 Å². The van der Waals surface area contributed by atoms with Gasteiger partial charge in [-0.25, -0.2) is 18.5 Å². The van der Waals surface area contributed by atoms with E-state index < -0.39 is 10.0 Å². The lowest BCUT2D eigenvalue weighted by Crippen LogP contribution is -2.14. The number of ether oxygens (including phenoxy) is 1. The SMILES string of the molecule is Cc1ccc(OCc2ccnc(C#N)c2)c(S(N)(=O)=O)c1. The molecule has 0 spiro atoms. The van der Waals surface area contributed by atoms with Gasteiger partial charge in [-0.15, -0.1) is 0 Å². The summed E-state index contributed by atoms with van der Waals surface area (Å²) in [6.45, 7) is 1.88. The summed E-state index contributed by atoms with van der Waals surface area (Å²) in [7, 11) is -3.86. The molecule has 0 fully saturated rings. The number of aryl methyl sites for hydroxylation is 1. The fourth-order valence-electron chi connectivity index (χ4n) is 1.74. The molecule has 0 aliphatic rings. The van der Waals surface area contributed by atoms with Gasteiger partial charge in [0.15, 0.2) is 0 Å². The summed E-state index contributed by atoms with van der Waals surface area (Å²) in [5.74, 6) is 0.179. The molecule has 2 aromatic rings. The third-order valence-electron chi connectivity index (χ3n) is 2.74. The minimum absolute atomic E-state index is 0.0583. The van der Waals surface area contributed by atoms with Gasteiger partial charge < -0.3 is 4.74 Å². The number of hydrogen-bond donors (Lipinski definition) is 1. The van der Waals surface area contributed by atoms with E-state index in [0.29, 0.717) is 5.56 Å². The number of primary sulfonamides is 1. The van der Waals surface area contributed by atoms with E-state index in [0.717, 1.165) is 5.56 Å². The standard InChI is InChI=1S/C14H13N3O3S/c1-10-2-3-13(14(6-10)21(16,18)19)20-9-11-4-5-17-12(7-11)8-15/h2-7H,9H2,1H3,(H2,16,18,19). The van der Waals surface area contributed by atoms with Gasteiger partial charge in [-0.05, 0) is 42.3 Å². The average molecular weight is 303 g/mol. The zero-order valence-corrected chi connectivity index (χ0v) is 12.1. The van der Waals surface area contributed by atoms with Crippen LogP contribution in [0, 0.1) is 18.3 Å². The smallest absolute Gasteiger partial charge is 0.241 e. The van der Waals surface area contributed by atoms with Crippen LogP contribution < -0.4 is 9.88 Å². The van der Waals surface area contributed by atoms with Crippen molar-refractivity contribution in [2.45, 2.75) is 18.4 Å². The van der Waals surface area contributed by atoms with Crippen molar-refractivity contribution in [3.8, 4) is 11.8 Å². The highest BCUT2D eigenvalue weighted by Crippen LogP contribution is 2.24. The van der Waals surface area contributed by atoms with Crippen LogP contribution in [0.25, 0.3) is 0 Å². The lowest BCUT2D eigenvalue weighted by atomic mass is 10.2. The number of nitrogens with zero attached hydrogens (tertiary/aromatic N) is 2. The summed E-state index contributed by atoms with van der Waals surface area (Å²) in [5.41, 5.74) is 1.75. The van der Waals surface area contributed by atoms with E-state index in [1.807, 2.05) is 6.07 Å². The molecule has 0 bridgehead atoms.